The van der Waals surface area contributed by atoms with Crippen molar-refractivity contribution in [1.82, 2.24) is 5.32 Å². The average Bonchev–Trinajstić information content (AvgIpc) is 2.51. The molecule has 0 aliphatic rings. The van der Waals surface area contributed by atoms with Gasteiger partial charge in [-0.15, -0.1) is 0 Å². The molecule has 2 rings (SSSR count). The molecule has 0 bridgehead atoms. The van der Waals surface area contributed by atoms with Crippen LogP contribution in [0.15, 0.2) is 54.6 Å². The van der Waals surface area contributed by atoms with Crippen LogP contribution in [0.25, 0.3) is 0 Å². The van der Waals surface area contributed by atoms with E-state index in [0.29, 0.717) is 5.56 Å². The van der Waals surface area contributed by atoms with Gasteiger partial charge in [0, 0.05) is 0 Å². The molecule has 134 valence electrons. The number of ether oxygens (including phenoxy) is 1. The summed E-state index contributed by atoms with van der Waals surface area (Å²) in [5.74, 6) is 0. The number of nitrogens with one attached hydrogen (secondary N) is 1. The number of amides is 1. The van der Waals surface area contributed by atoms with Crippen LogP contribution in [0.5, 0.6) is 0 Å². The lowest BCUT2D eigenvalue weighted by atomic mass is 9.98. The Labute approximate surface area is 144 Å². The van der Waals surface area contributed by atoms with Crippen molar-refractivity contribution >= 4 is 6.09 Å². The number of alkyl carbamates (subject to hydrolysis) is 1. The fraction of sp³-hybridized carbons (Fsp3) is 0.316. The highest BCUT2D eigenvalue weighted by atomic mass is 19.4. The van der Waals surface area contributed by atoms with Gasteiger partial charge in [-0.1, -0.05) is 42.5 Å². The number of alkyl halides is 3. The van der Waals surface area contributed by atoms with Gasteiger partial charge in [0.15, 0.2) is 0 Å². The van der Waals surface area contributed by atoms with Crippen LogP contribution >= 0.6 is 0 Å². The van der Waals surface area contributed by atoms with Crippen LogP contribution in [-0.2, 0) is 10.9 Å². The van der Waals surface area contributed by atoms with E-state index < -0.39 is 29.5 Å². The molecule has 1 amide bonds. The third-order valence-electron chi connectivity index (χ3n) is 3.37. The third kappa shape index (κ3) is 5.52. The lowest BCUT2D eigenvalue weighted by Crippen LogP contribution is -2.35. The molecule has 1 atom stereocenters. The van der Waals surface area contributed by atoms with Gasteiger partial charge in [0.1, 0.15) is 5.60 Å². The highest BCUT2D eigenvalue weighted by Crippen LogP contribution is 2.31. The molecule has 0 saturated carbocycles. The molecule has 0 radical (unpaired) electrons. The Bertz CT molecular complexity index is 704. The largest absolute Gasteiger partial charge is 0.444 e. The van der Waals surface area contributed by atoms with E-state index in [1.54, 1.807) is 45.0 Å². The van der Waals surface area contributed by atoms with E-state index in [2.05, 4.69) is 5.32 Å². The first-order valence-corrected chi connectivity index (χ1v) is 7.78. The summed E-state index contributed by atoms with van der Waals surface area (Å²) in [6.45, 7) is 5.21. The van der Waals surface area contributed by atoms with Gasteiger partial charge in [-0.2, -0.15) is 13.2 Å². The summed E-state index contributed by atoms with van der Waals surface area (Å²) in [7, 11) is 0. The van der Waals surface area contributed by atoms with Crippen LogP contribution in [-0.4, -0.2) is 11.7 Å². The fourth-order valence-corrected chi connectivity index (χ4v) is 2.29. The number of hydrogen-bond acceptors (Lipinski definition) is 2. The summed E-state index contributed by atoms with van der Waals surface area (Å²) in [6, 6.07) is 13.1. The van der Waals surface area contributed by atoms with Gasteiger partial charge < -0.3 is 10.1 Å². The second-order valence-corrected chi connectivity index (χ2v) is 6.61. The molecule has 2 aromatic rings. The fourth-order valence-electron chi connectivity index (χ4n) is 2.29. The Morgan fingerprint density at radius 3 is 1.92 bits per heavy atom. The van der Waals surface area contributed by atoms with Crippen LogP contribution < -0.4 is 5.32 Å². The van der Waals surface area contributed by atoms with Crippen molar-refractivity contribution < 1.29 is 22.7 Å². The molecule has 3 nitrogen and oxygen atoms in total. The maximum absolute atomic E-state index is 12.7. The van der Waals surface area contributed by atoms with E-state index in [1.165, 1.54) is 12.1 Å². The number of carbonyl (C=O) groups is 1. The minimum atomic E-state index is -4.40. The Morgan fingerprint density at radius 2 is 1.44 bits per heavy atom. The molecular weight excluding hydrogens is 331 g/mol. The first-order chi connectivity index (χ1) is 11.6. The Kier molecular flexibility index (Phi) is 5.40. The number of hydrogen-bond donors (Lipinski definition) is 1. The zero-order chi connectivity index (χ0) is 18.7. The highest BCUT2D eigenvalue weighted by Gasteiger charge is 2.30. The summed E-state index contributed by atoms with van der Waals surface area (Å²) in [6.07, 6.45) is -5.04. The van der Waals surface area contributed by atoms with E-state index in [1.807, 2.05) is 6.07 Å². The summed E-state index contributed by atoms with van der Waals surface area (Å²) in [4.78, 5) is 12.1. The van der Waals surface area contributed by atoms with E-state index in [-0.39, 0.29) is 0 Å². The van der Waals surface area contributed by atoms with Crippen molar-refractivity contribution in [2.75, 3.05) is 0 Å². The second-order valence-electron chi connectivity index (χ2n) is 6.61. The van der Waals surface area contributed by atoms with Crippen LogP contribution in [0.2, 0.25) is 0 Å². The quantitative estimate of drug-likeness (QED) is 0.813. The van der Waals surface area contributed by atoms with Crippen molar-refractivity contribution in [2.24, 2.45) is 0 Å². The molecule has 6 heteroatoms. The molecule has 0 aliphatic carbocycles. The first-order valence-electron chi connectivity index (χ1n) is 7.78. The van der Waals surface area contributed by atoms with E-state index in [0.717, 1.165) is 17.7 Å². The molecule has 25 heavy (non-hydrogen) atoms. The summed E-state index contributed by atoms with van der Waals surface area (Å²) in [5, 5.41) is 2.72. The predicted molar refractivity (Wildman–Crippen MR) is 89.1 cm³/mol. The van der Waals surface area contributed by atoms with Crippen molar-refractivity contribution in [3.05, 3.63) is 71.3 Å². The lowest BCUT2D eigenvalue weighted by molar-refractivity contribution is -0.137. The zero-order valence-electron chi connectivity index (χ0n) is 14.2. The SMILES string of the molecule is CC(C)(C)OC(=O)N[C@@H](c1ccccc1)c1ccc(C(F)(F)F)cc1. The smallest absolute Gasteiger partial charge is 0.416 e. The molecule has 0 spiro atoms. The Hall–Kier alpha value is -2.50. The minimum absolute atomic E-state index is 0.532. The number of halogens is 3. The standard InChI is InChI=1S/C19H20F3NO2/c1-18(2,3)25-17(24)23-16(13-7-5-4-6-8-13)14-9-11-15(12-10-14)19(20,21)22/h4-12,16H,1-3H3,(H,23,24)/t16-/m0/s1. The Balaban J connectivity index is 2.31. The van der Waals surface area contributed by atoms with Crippen molar-refractivity contribution in [3.63, 3.8) is 0 Å². The summed E-state index contributed by atoms with van der Waals surface area (Å²) >= 11 is 0. The van der Waals surface area contributed by atoms with E-state index in [9.17, 15) is 18.0 Å². The topological polar surface area (TPSA) is 38.3 Å². The molecular formula is C19H20F3NO2. The normalized spacial score (nSPS) is 13.2. The van der Waals surface area contributed by atoms with Gasteiger partial charge in [-0.05, 0) is 44.0 Å². The average molecular weight is 351 g/mol. The summed E-state index contributed by atoms with van der Waals surface area (Å²) in [5.41, 5.74) is -0.135. The molecule has 2 aromatic carbocycles. The molecule has 0 saturated heterocycles. The van der Waals surface area contributed by atoms with Gasteiger partial charge in [0.2, 0.25) is 0 Å². The third-order valence-corrected chi connectivity index (χ3v) is 3.37. The zero-order valence-corrected chi connectivity index (χ0v) is 14.2. The molecule has 0 fully saturated rings. The van der Waals surface area contributed by atoms with Crippen LogP contribution in [0.3, 0.4) is 0 Å². The number of carbonyl (C=O) groups excluding carboxylic acids is 1. The van der Waals surface area contributed by atoms with Crippen LogP contribution in [0.1, 0.15) is 43.5 Å². The number of rotatable bonds is 3. The second kappa shape index (κ2) is 7.17. The maximum Gasteiger partial charge on any atom is 0.416 e. The van der Waals surface area contributed by atoms with Gasteiger partial charge in [0.25, 0.3) is 0 Å². The Morgan fingerprint density at radius 1 is 0.920 bits per heavy atom. The highest BCUT2D eigenvalue weighted by molar-refractivity contribution is 5.69. The maximum atomic E-state index is 12.7. The van der Waals surface area contributed by atoms with Gasteiger partial charge in [0.05, 0.1) is 11.6 Å². The predicted octanol–water partition coefficient (Wildman–Crippen LogP) is 5.32. The van der Waals surface area contributed by atoms with E-state index >= 15 is 0 Å². The van der Waals surface area contributed by atoms with Crippen LogP contribution in [0.4, 0.5) is 18.0 Å². The monoisotopic (exact) mass is 351 g/mol. The van der Waals surface area contributed by atoms with Crippen LogP contribution in [0, 0.1) is 0 Å². The molecule has 0 aromatic heterocycles. The van der Waals surface area contributed by atoms with E-state index in [4.69, 9.17) is 4.74 Å². The molecule has 0 aliphatic heterocycles. The van der Waals surface area contributed by atoms with Gasteiger partial charge in [-0.25, -0.2) is 4.79 Å². The molecule has 0 unspecified atom stereocenters. The van der Waals surface area contributed by atoms with Gasteiger partial charge >= 0.3 is 12.3 Å². The lowest BCUT2D eigenvalue weighted by Gasteiger charge is -2.24. The minimum Gasteiger partial charge on any atom is -0.444 e. The number of benzene rings is 2. The van der Waals surface area contributed by atoms with Crippen molar-refractivity contribution in [2.45, 2.75) is 38.6 Å². The summed E-state index contributed by atoms with van der Waals surface area (Å²) < 4.78 is 43.5. The molecule has 1 N–H and O–H groups in total. The first kappa shape index (κ1) is 18.8. The van der Waals surface area contributed by atoms with Gasteiger partial charge in [-0.3, -0.25) is 0 Å². The molecule has 0 heterocycles. The van der Waals surface area contributed by atoms with Crippen molar-refractivity contribution in [3.8, 4) is 0 Å². The van der Waals surface area contributed by atoms with Crippen molar-refractivity contribution in [1.29, 1.82) is 0 Å².